The predicted octanol–water partition coefficient (Wildman–Crippen LogP) is 1.71. The summed E-state index contributed by atoms with van der Waals surface area (Å²) in [6, 6.07) is 0. The molecule has 2 aliphatic rings. The van der Waals surface area contributed by atoms with Gasteiger partial charge < -0.3 is 14.6 Å². The third kappa shape index (κ3) is 3.07. The Morgan fingerprint density at radius 3 is 2.75 bits per heavy atom. The molecule has 0 bridgehead atoms. The number of aromatic nitrogens is 2. The van der Waals surface area contributed by atoms with Crippen LogP contribution in [0.5, 0.6) is 0 Å². The zero-order valence-corrected chi connectivity index (χ0v) is 12.6. The van der Waals surface area contributed by atoms with Crippen molar-refractivity contribution in [2.24, 2.45) is 11.8 Å². The Morgan fingerprint density at radius 2 is 2.05 bits per heavy atom. The summed E-state index contributed by atoms with van der Waals surface area (Å²) >= 11 is 0. The lowest BCUT2D eigenvalue weighted by Gasteiger charge is -2.30. The van der Waals surface area contributed by atoms with E-state index in [2.05, 4.69) is 22.6 Å². The number of aliphatic hydroxyl groups excluding tert-OH is 1. The fourth-order valence-electron chi connectivity index (χ4n) is 3.62. The Morgan fingerprint density at radius 1 is 1.25 bits per heavy atom. The Kier molecular flexibility index (Phi) is 4.41. The summed E-state index contributed by atoms with van der Waals surface area (Å²) in [5.74, 6) is 2.47. The van der Waals surface area contributed by atoms with Crippen molar-refractivity contribution < 1.29 is 5.11 Å². The molecule has 4 nitrogen and oxygen atoms in total. The summed E-state index contributed by atoms with van der Waals surface area (Å²) in [7, 11) is 0. The zero-order chi connectivity index (χ0) is 13.9. The van der Waals surface area contributed by atoms with Crippen molar-refractivity contribution in [1.29, 1.82) is 0 Å². The molecule has 1 fully saturated rings. The maximum Gasteiger partial charge on any atom is 0.108 e. The second-order valence-corrected chi connectivity index (χ2v) is 6.47. The number of imidazole rings is 1. The lowest BCUT2D eigenvalue weighted by atomic mass is 9.92. The summed E-state index contributed by atoms with van der Waals surface area (Å²) in [4.78, 5) is 7.36. The topological polar surface area (TPSA) is 41.3 Å². The molecule has 1 unspecified atom stereocenters. The van der Waals surface area contributed by atoms with Gasteiger partial charge in [-0.05, 0) is 51.2 Å². The minimum absolute atomic E-state index is 0.308. The molecule has 3 heterocycles. The molecule has 1 N–H and O–H groups in total. The van der Waals surface area contributed by atoms with Crippen LogP contribution in [-0.2, 0) is 19.4 Å². The minimum atomic E-state index is 0.308. The van der Waals surface area contributed by atoms with Crippen LogP contribution in [0, 0.1) is 11.8 Å². The van der Waals surface area contributed by atoms with Crippen LogP contribution in [0.1, 0.15) is 37.7 Å². The van der Waals surface area contributed by atoms with Crippen LogP contribution in [-0.4, -0.2) is 45.8 Å². The first-order chi connectivity index (χ1) is 9.78. The van der Waals surface area contributed by atoms with Crippen LogP contribution in [0.4, 0.5) is 0 Å². The minimum Gasteiger partial charge on any atom is -0.396 e. The quantitative estimate of drug-likeness (QED) is 0.911. The molecule has 0 saturated carbocycles. The number of fused-ring (bicyclic) bond motifs is 1. The van der Waals surface area contributed by atoms with Gasteiger partial charge >= 0.3 is 0 Å². The van der Waals surface area contributed by atoms with Gasteiger partial charge in [-0.15, -0.1) is 0 Å². The molecule has 4 heteroatoms. The Hall–Kier alpha value is -0.870. The number of piperidine rings is 1. The van der Waals surface area contributed by atoms with Crippen molar-refractivity contribution in [3.63, 3.8) is 0 Å². The van der Waals surface area contributed by atoms with E-state index >= 15 is 0 Å². The largest absolute Gasteiger partial charge is 0.396 e. The highest BCUT2D eigenvalue weighted by molar-refractivity contribution is 5.08. The number of hydrogen-bond donors (Lipinski definition) is 1. The van der Waals surface area contributed by atoms with E-state index in [1.807, 2.05) is 0 Å². The maximum atomic E-state index is 9.29. The molecule has 0 aliphatic carbocycles. The van der Waals surface area contributed by atoms with Crippen LogP contribution in [0.15, 0.2) is 6.20 Å². The molecule has 112 valence electrons. The van der Waals surface area contributed by atoms with Gasteiger partial charge in [-0.2, -0.15) is 0 Å². The summed E-state index contributed by atoms with van der Waals surface area (Å²) in [6.07, 6.45) is 8.12. The third-order valence-corrected chi connectivity index (χ3v) is 5.05. The van der Waals surface area contributed by atoms with Gasteiger partial charge in [0.15, 0.2) is 0 Å². The standard InChI is InChI=1S/C16H27N3O/c1-2-18-7-5-13(6-8-18)9-15-11-19-10-14(12-20)3-4-16(19)17-15/h11,13-14,20H,2-10,12H2,1H3. The molecule has 1 saturated heterocycles. The maximum absolute atomic E-state index is 9.29. The molecule has 2 aliphatic heterocycles. The number of hydrogen-bond acceptors (Lipinski definition) is 3. The molecule has 3 rings (SSSR count). The average Bonchev–Trinajstić information content (AvgIpc) is 2.89. The van der Waals surface area contributed by atoms with Crippen LogP contribution in [0.3, 0.4) is 0 Å². The summed E-state index contributed by atoms with van der Waals surface area (Å²) in [5, 5.41) is 9.29. The summed E-state index contributed by atoms with van der Waals surface area (Å²) in [6.45, 7) is 7.20. The van der Waals surface area contributed by atoms with E-state index in [1.165, 1.54) is 44.0 Å². The van der Waals surface area contributed by atoms with E-state index in [0.29, 0.717) is 12.5 Å². The molecular formula is C16H27N3O. The first-order valence-corrected chi connectivity index (χ1v) is 8.16. The van der Waals surface area contributed by atoms with E-state index in [1.54, 1.807) is 0 Å². The van der Waals surface area contributed by atoms with Crippen molar-refractivity contribution in [3.8, 4) is 0 Å². The molecule has 0 aromatic carbocycles. The zero-order valence-electron chi connectivity index (χ0n) is 12.6. The van der Waals surface area contributed by atoms with E-state index in [9.17, 15) is 5.11 Å². The SMILES string of the molecule is CCN1CCC(Cc2cn3c(n2)CCC(CO)C3)CC1. The highest BCUT2D eigenvalue weighted by Gasteiger charge is 2.22. The van der Waals surface area contributed by atoms with Gasteiger partial charge in [0.1, 0.15) is 5.82 Å². The molecule has 20 heavy (non-hydrogen) atoms. The van der Waals surface area contributed by atoms with E-state index in [4.69, 9.17) is 4.98 Å². The summed E-state index contributed by atoms with van der Waals surface area (Å²) in [5.41, 5.74) is 1.27. The number of rotatable bonds is 4. The van der Waals surface area contributed by atoms with Crippen LogP contribution in [0.2, 0.25) is 0 Å². The van der Waals surface area contributed by atoms with Crippen molar-refractivity contribution >= 4 is 0 Å². The van der Waals surface area contributed by atoms with Crippen molar-refractivity contribution in [2.45, 2.75) is 45.6 Å². The van der Waals surface area contributed by atoms with Gasteiger partial charge in [0.05, 0.1) is 5.69 Å². The summed E-state index contributed by atoms with van der Waals surface area (Å²) < 4.78 is 2.28. The van der Waals surface area contributed by atoms with E-state index < -0.39 is 0 Å². The molecule has 1 aromatic rings. The smallest absolute Gasteiger partial charge is 0.108 e. The molecule has 1 atom stereocenters. The third-order valence-electron chi connectivity index (χ3n) is 5.05. The first-order valence-electron chi connectivity index (χ1n) is 8.16. The van der Waals surface area contributed by atoms with Gasteiger partial charge in [0.25, 0.3) is 0 Å². The van der Waals surface area contributed by atoms with Crippen molar-refractivity contribution in [3.05, 3.63) is 17.7 Å². The normalized spacial score (nSPS) is 24.8. The fourth-order valence-corrected chi connectivity index (χ4v) is 3.62. The monoisotopic (exact) mass is 277 g/mol. The Bertz CT molecular complexity index is 435. The van der Waals surface area contributed by atoms with Crippen LogP contribution < -0.4 is 0 Å². The molecule has 0 amide bonds. The van der Waals surface area contributed by atoms with E-state index in [0.717, 1.165) is 31.7 Å². The number of aliphatic hydroxyl groups is 1. The second kappa shape index (κ2) is 6.27. The van der Waals surface area contributed by atoms with Crippen LogP contribution in [0.25, 0.3) is 0 Å². The molecule has 0 spiro atoms. The van der Waals surface area contributed by atoms with E-state index in [-0.39, 0.29) is 0 Å². The molecule has 1 aromatic heterocycles. The van der Waals surface area contributed by atoms with Crippen molar-refractivity contribution in [2.75, 3.05) is 26.2 Å². The van der Waals surface area contributed by atoms with Gasteiger partial charge in [0.2, 0.25) is 0 Å². The predicted molar refractivity (Wildman–Crippen MR) is 79.7 cm³/mol. The second-order valence-electron chi connectivity index (χ2n) is 6.47. The fraction of sp³-hybridized carbons (Fsp3) is 0.812. The average molecular weight is 277 g/mol. The van der Waals surface area contributed by atoms with Crippen molar-refractivity contribution in [1.82, 2.24) is 14.5 Å². The van der Waals surface area contributed by atoms with Gasteiger partial charge in [-0.3, -0.25) is 0 Å². The highest BCUT2D eigenvalue weighted by Crippen LogP contribution is 2.24. The van der Waals surface area contributed by atoms with Crippen LogP contribution >= 0.6 is 0 Å². The number of likely N-dealkylation sites (tertiary alicyclic amines) is 1. The lowest BCUT2D eigenvalue weighted by Crippen LogP contribution is -2.34. The van der Waals surface area contributed by atoms with Gasteiger partial charge in [-0.25, -0.2) is 4.98 Å². The molecular weight excluding hydrogens is 250 g/mol. The number of aryl methyl sites for hydroxylation is 1. The number of nitrogens with zero attached hydrogens (tertiary/aromatic N) is 3. The van der Waals surface area contributed by atoms with Gasteiger partial charge in [0, 0.05) is 31.7 Å². The first kappa shape index (κ1) is 14.1. The lowest BCUT2D eigenvalue weighted by molar-refractivity contribution is 0.190. The molecule has 0 radical (unpaired) electrons. The van der Waals surface area contributed by atoms with Gasteiger partial charge in [-0.1, -0.05) is 6.92 Å². The highest BCUT2D eigenvalue weighted by atomic mass is 16.3. The Labute approximate surface area is 121 Å². The Balaban J connectivity index is 1.58.